The molecular weight excluding hydrogens is 250 g/mol. The summed E-state index contributed by atoms with van der Waals surface area (Å²) in [7, 11) is 0. The zero-order chi connectivity index (χ0) is 15.0. The van der Waals surface area contributed by atoms with E-state index in [1.165, 1.54) is 5.56 Å². The predicted molar refractivity (Wildman–Crippen MR) is 83.7 cm³/mol. The Morgan fingerprint density at radius 1 is 1.30 bits per heavy atom. The van der Waals surface area contributed by atoms with Crippen molar-refractivity contribution in [1.29, 1.82) is 0 Å². The summed E-state index contributed by atoms with van der Waals surface area (Å²) in [4.78, 5) is 14.0. The van der Waals surface area contributed by atoms with E-state index >= 15 is 0 Å². The largest absolute Gasteiger partial charge is 0.345 e. The van der Waals surface area contributed by atoms with Crippen molar-refractivity contribution in [3.8, 4) is 0 Å². The Hall–Kier alpha value is -1.29. The molecule has 0 aliphatic heterocycles. The summed E-state index contributed by atoms with van der Waals surface area (Å²) in [6.07, 6.45) is 6.39. The third-order valence-corrected chi connectivity index (χ3v) is 3.64. The molecule has 0 fully saturated rings. The molecule has 4 nitrogen and oxygen atoms in total. The number of amides is 1. The van der Waals surface area contributed by atoms with Gasteiger partial charge in [-0.05, 0) is 38.4 Å². The number of likely N-dealkylation sites (N-methyl/N-ethyl adjacent to an activating group) is 1. The van der Waals surface area contributed by atoms with E-state index in [4.69, 9.17) is 0 Å². The molecule has 20 heavy (non-hydrogen) atoms. The molecule has 4 heteroatoms. The van der Waals surface area contributed by atoms with Crippen molar-refractivity contribution in [3.63, 3.8) is 0 Å². The first kappa shape index (κ1) is 16.8. The second-order valence-electron chi connectivity index (χ2n) is 5.08. The Kier molecular flexibility index (Phi) is 7.37. The van der Waals surface area contributed by atoms with Gasteiger partial charge >= 0.3 is 0 Å². The molecule has 0 saturated heterocycles. The SMILES string of the molecule is CCCC(NCC)c1ccn(CC(=O)N(CC)CC)c1. The molecule has 0 aliphatic carbocycles. The van der Waals surface area contributed by atoms with E-state index < -0.39 is 0 Å². The molecular formula is C16H29N3O. The summed E-state index contributed by atoms with van der Waals surface area (Å²) in [5, 5.41) is 3.50. The van der Waals surface area contributed by atoms with Gasteiger partial charge < -0.3 is 14.8 Å². The fraction of sp³-hybridized carbons (Fsp3) is 0.688. The molecule has 1 amide bonds. The van der Waals surface area contributed by atoms with E-state index in [9.17, 15) is 4.79 Å². The molecule has 1 aromatic rings. The van der Waals surface area contributed by atoms with Crippen LogP contribution < -0.4 is 5.32 Å². The van der Waals surface area contributed by atoms with Crippen LogP contribution in [0.4, 0.5) is 0 Å². The summed E-state index contributed by atoms with van der Waals surface area (Å²) < 4.78 is 2.00. The number of nitrogens with one attached hydrogen (secondary N) is 1. The fourth-order valence-electron chi connectivity index (χ4n) is 2.52. The van der Waals surface area contributed by atoms with Gasteiger partial charge in [-0.3, -0.25) is 4.79 Å². The lowest BCUT2D eigenvalue weighted by atomic mass is 10.1. The standard InChI is InChI=1S/C16H29N3O/c1-5-9-15(17-6-2)14-10-11-18(12-14)13-16(20)19(7-3)8-4/h10-12,15,17H,5-9,13H2,1-4H3. The summed E-state index contributed by atoms with van der Waals surface area (Å²) in [6, 6.07) is 2.52. The monoisotopic (exact) mass is 279 g/mol. The van der Waals surface area contributed by atoms with Crippen LogP contribution in [0.5, 0.6) is 0 Å². The van der Waals surface area contributed by atoms with E-state index in [1.54, 1.807) is 0 Å². The number of aromatic nitrogens is 1. The molecule has 1 atom stereocenters. The van der Waals surface area contributed by atoms with E-state index in [1.807, 2.05) is 29.5 Å². The van der Waals surface area contributed by atoms with Crippen molar-refractivity contribution in [2.24, 2.45) is 0 Å². The van der Waals surface area contributed by atoms with Gasteiger partial charge in [0.1, 0.15) is 6.54 Å². The van der Waals surface area contributed by atoms with Crippen LogP contribution >= 0.6 is 0 Å². The molecule has 0 aromatic carbocycles. The van der Waals surface area contributed by atoms with E-state index in [2.05, 4.69) is 31.4 Å². The molecule has 1 N–H and O–H groups in total. The number of rotatable bonds is 9. The van der Waals surface area contributed by atoms with Crippen molar-refractivity contribution >= 4 is 5.91 Å². The topological polar surface area (TPSA) is 37.3 Å². The zero-order valence-corrected chi connectivity index (χ0v) is 13.4. The minimum absolute atomic E-state index is 0.188. The van der Waals surface area contributed by atoms with Crippen molar-refractivity contribution in [1.82, 2.24) is 14.8 Å². The van der Waals surface area contributed by atoms with E-state index in [0.29, 0.717) is 12.6 Å². The summed E-state index contributed by atoms with van der Waals surface area (Å²) >= 11 is 0. The molecule has 1 unspecified atom stereocenters. The third kappa shape index (κ3) is 4.67. The van der Waals surface area contributed by atoms with Gasteiger partial charge in [0, 0.05) is 31.5 Å². The highest BCUT2D eigenvalue weighted by Crippen LogP contribution is 2.18. The Morgan fingerprint density at radius 3 is 2.55 bits per heavy atom. The molecule has 0 saturated carbocycles. The molecule has 0 spiro atoms. The van der Waals surface area contributed by atoms with Crippen molar-refractivity contribution < 1.29 is 4.79 Å². The van der Waals surface area contributed by atoms with Crippen LogP contribution in [0.1, 0.15) is 52.1 Å². The highest BCUT2D eigenvalue weighted by atomic mass is 16.2. The first-order chi connectivity index (χ1) is 9.65. The minimum Gasteiger partial charge on any atom is -0.345 e. The maximum atomic E-state index is 12.1. The van der Waals surface area contributed by atoms with Crippen molar-refractivity contribution in [3.05, 3.63) is 24.0 Å². The van der Waals surface area contributed by atoms with Crippen LogP contribution in [0.25, 0.3) is 0 Å². The number of nitrogens with zero attached hydrogens (tertiary/aromatic N) is 2. The molecule has 1 aromatic heterocycles. The highest BCUT2D eigenvalue weighted by molar-refractivity contribution is 5.75. The number of carbonyl (C=O) groups is 1. The Balaban J connectivity index is 2.68. The second kappa shape index (κ2) is 8.80. The Morgan fingerprint density at radius 2 is 2.00 bits per heavy atom. The molecule has 1 rings (SSSR count). The fourth-order valence-corrected chi connectivity index (χ4v) is 2.52. The molecule has 114 valence electrons. The van der Waals surface area contributed by atoms with Gasteiger partial charge in [0.2, 0.25) is 5.91 Å². The lowest BCUT2D eigenvalue weighted by Crippen LogP contribution is -2.33. The highest BCUT2D eigenvalue weighted by Gasteiger charge is 2.13. The summed E-state index contributed by atoms with van der Waals surface area (Å²) in [5.74, 6) is 0.188. The minimum atomic E-state index is 0.188. The number of hydrogen-bond acceptors (Lipinski definition) is 2. The van der Waals surface area contributed by atoms with Gasteiger partial charge in [0.05, 0.1) is 0 Å². The lowest BCUT2D eigenvalue weighted by Gasteiger charge is -2.19. The van der Waals surface area contributed by atoms with Gasteiger partial charge in [-0.2, -0.15) is 0 Å². The predicted octanol–water partition coefficient (Wildman–Crippen LogP) is 2.81. The first-order valence-corrected chi connectivity index (χ1v) is 7.82. The average Bonchev–Trinajstić information content (AvgIpc) is 2.88. The first-order valence-electron chi connectivity index (χ1n) is 7.82. The lowest BCUT2D eigenvalue weighted by molar-refractivity contribution is -0.131. The zero-order valence-electron chi connectivity index (χ0n) is 13.4. The smallest absolute Gasteiger partial charge is 0.242 e. The van der Waals surface area contributed by atoms with Crippen LogP contribution in [-0.4, -0.2) is 35.0 Å². The van der Waals surface area contributed by atoms with Crippen LogP contribution in [0.2, 0.25) is 0 Å². The molecule has 0 radical (unpaired) electrons. The summed E-state index contributed by atoms with van der Waals surface area (Å²) in [5.41, 5.74) is 1.28. The molecule has 1 heterocycles. The Bertz CT molecular complexity index is 390. The normalized spacial score (nSPS) is 12.4. The van der Waals surface area contributed by atoms with Crippen LogP contribution in [0.3, 0.4) is 0 Å². The van der Waals surface area contributed by atoms with E-state index in [0.717, 1.165) is 32.5 Å². The van der Waals surface area contributed by atoms with Crippen LogP contribution in [0.15, 0.2) is 18.5 Å². The van der Waals surface area contributed by atoms with Crippen molar-refractivity contribution in [2.75, 3.05) is 19.6 Å². The van der Waals surface area contributed by atoms with E-state index in [-0.39, 0.29) is 5.91 Å². The average molecular weight is 279 g/mol. The maximum absolute atomic E-state index is 12.1. The van der Waals surface area contributed by atoms with Gasteiger partial charge in [-0.1, -0.05) is 20.3 Å². The van der Waals surface area contributed by atoms with Gasteiger partial charge in [-0.15, -0.1) is 0 Å². The second-order valence-corrected chi connectivity index (χ2v) is 5.08. The van der Waals surface area contributed by atoms with Gasteiger partial charge in [0.15, 0.2) is 0 Å². The molecule has 0 aliphatic rings. The van der Waals surface area contributed by atoms with Crippen LogP contribution in [-0.2, 0) is 11.3 Å². The number of hydrogen-bond donors (Lipinski definition) is 1. The number of carbonyl (C=O) groups excluding carboxylic acids is 1. The Labute approximate surface area is 123 Å². The quantitative estimate of drug-likeness (QED) is 0.754. The third-order valence-electron chi connectivity index (χ3n) is 3.64. The maximum Gasteiger partial charge on any atom is 0.242 e. The van der Waals surface area contributed by atoms with Crippen LogP contribution in [0, 0.1) is 0 Å². The summed E-state index contributed by atoms with van der Waals surface area (Å²) in [6.45, 7) is 11.3. The van der Waals surface area contributed by atoms with Crippen molar-refractivity contribution in [2.45, 2.75) is 53.1 Å². The van der Waals surface area contributed by atoms with Gasteiger partial charge in [-0.25, -0.2) is 0 Å². The van der Waals surface area contributed by atoms with Gasteiger partial charge in [0.25, 0.3) is 0 Å². The molecule has 0 bridgehead atoms.